The highest BCUT2D eigenvalue weighted by Crippen LogP contribution is 2.55. The summed E-state index contributed by atoms with van der Waals surface area (Å²) in [5.41, 5.74) is 3.43. The van der Waals surface area contributed by atoms with Gasteiger partial charge in [-0.15, -0.1) is 0 Å². The minimum atomic E-state index is -2.62. The maximum Gasteiger partial charge on any atom is 0.253 e. The second-order valence-electron chi connectivity index (χ2n) is 8.18. The van der Waals surface area contributed by atoms with E-state index in [1.165, 1.54) is 4.68 Å². The molecule has 0 radical (unpaired) electrons. The van der Waals surface area contributed by atoms with E-state index in [0.29, 0.717) is 28.9 Å². The van der Waals surface area contributed by atoms with Crippen LogP contribution in [0.4, 0.5) is 8.78 Å². The molecule has 32 heavy (non-hydrogen) atoms. The van der Waals surface area contributed by atoms with Crippen LogP contribution >= 0.6 is 0 Å². The lowest BCUT2D eigenvalue weighted by Crippen LogP contribution is -2.19. The van der Waals surface area contributed by atoms with Crippen molar-refractivity contribution in [1.82, 2.24) is 34.2 Å². The van der Waals surface area contributed by atoms with Gasteiger partial charge in [0.2, 0.25) is 0 Å². The molecule has 1 aliphatic rings. The normalized spacial score (nSPS) is 19.3. The zero-order valence-electron chi connectivity index (χ0n) is 17.4. The van der Waals surface area contributed by atoms with Crippen molar-refractivity contribution in [3.05, 3.63) is 43.2 Å². The molecule has 1 aliphatic carbocycles. The van der Waals surface area contributed by atoms with Gasteiger partial charge >= 0.3 is 0 Å². The second-order valence-corrected chi connectivity index (χ2v) is 8.18. The van der Waals surface area contributed by atoms with Crippen molar-refractivity contribution >= 4 is 5.52 Å². The standard InChI is InChI=1S/C21H23F2N7O2/c1-2-18(16-5-21(16,22)23)29-9-14(7-26-29)20-19-3-4-24-30(19)11-17(27-20)13-6-25-28(8-13)10-15(32)12-31/h3-4,6-9,11,15-16,18,31-32H,2,5,10,12H2,1H3/t15-,16+,18-/m1/s1. The largest absolute Gasteiger partial charge is 0.394 e. The Morgan fingerprint density at radius 1 is 1.16 bits per heavy atom. The molecule has 4 heterocycles. The van der Waals surface area contributed by atoms with E-state index in [1.54, 1.807) is 46.4 Å². The summed E-state index contributed by atoms with van der Waals surface area (Å²) >= 11 is 0. The average molecular weight is 443 g/mol. The lowest BCUT2D eigenvalue weighted by Gasteiger charge is -2.14. The Kier molecular flexibility index (Phi) is 5.01. The predicted molar refractivity (Wildman–Crippen MR) is 111 cm³/mol. The summed E-state index contributed by atoms with van der Waals surface area (Å²) in [6, 6.07) is 1.47. The van der Waals surface area contributed by atoms with Crippen LogP contribution in [0.3, 0.4) is 0 Å². The Labute approximate surface area is 181 Å². The number of aliphatic hydroxyl groups is 2. The minimum absolute atomic E-state index is 0.101. The van der Waals surface area contributed by atoms with E-state index in [-0.39, 0.29) is 25.6 Å². The Balaban J connectivity index is 1.50. The Morgan fingerprint density at radius 3 is 2.66 bits per heavy atom. The Hall–Kier alpha value is -3.18. The predicted octanol–water partition coefficient (Wildman–Crippen LogP) is 2.42. The van der Waals surface area contributed by atoms with Crippen LogP contribution in [-0.4, -0.2) is 63.0 Å². The van der Waals surface area contributed by atoms with Crippen LogP contribution in [0.25, 0.3) is 28.0 Å². The first-order valence-electron chi connectivity index (χ1n) is 10.5. The van der Waals surface area contributed by atoms with Crippen molar-refractivity contribution in [2.24, 2.45) is 5.92 Å². The molecule has 5 rings (SSSR count). The zero-order valence-corrected chi connectivity index (χ0v) is 17.4. The summed E-state index contributed by atoms with van der Waals surface area (Å²) in [7, 11) is 0. The van der Waals surface area contributed by atoms with Crippen LogP contribution in [0.1, 0.15) is 25.8 Å². The molecule has 2 N–H and O–H groups in total. The number of hydrogen-bond acceptors (Lipinski definition) is 6. The van der Waals surface area contributed by atoms with Gasteiger partial charge in [0.1, 0.15) is 0 Å². The number of fused-ring (bicyclic) bond motifs is 1. The van der Waals surface area contributed by atoms with E-state index in [0.717, 1.165) is 5.52 Å². The van der Waals surface area contributed by atoms with Crippen molar-refractivity contribution in [2.45, 2.75) is 44.4 Å². The molecular weight excluding hydrogens is 420 g/mol. The van der Waals surface area contributed by atoms with E-state index < -0.39 is 17.9 Å². The summed E-state index contributed by atoms with van der Waals surface area (Å²) in [5, 5.41) is 31.6. The third-order valence-electron chi connectivity index (χ3n) is 5.90. The first-order valence-corrected chi connectivity index (χ1v) is 10.5. The summed E-state index contributed by atoms with van der Waals surface area (Å²) in [5.74, 6) is -3.30. The fourth-order valence-electron chi connectivity index (χ4n) is 4.10. The van der Waals surface area contributed by atoms with E-state index in [1.807, 2.05) is 13.0 Å². The van der Waals surface area contributed by atoms with Gasteiger partial charge < -0.3 is 10.2 Å². The number of aliphatic hydroxyl groups excluding tert-OH is 2. The monoisotopic (exact) mass is 443 g/mol. The number of halogens is 2. The molecule has 4 aromatic rings. The summed E-state index contributed by atoms with van der Waals surface area (Å²) < 4.78 is 32.2. The van der Waals surface area contributed by atoms with E-state index in [4.69, 9.17) is 10.1 Å². The summed E-state index contributed by atoms with van der Waals surface area (Å²) in [6.45, 7) is 1.69. The molecule has 0 saturated heterocycles. The fraction of sp³-hybridized carbons (Fsp3) is 0.429. The lowest BCUT2D eigenvalue weighted by molar-refractivity contribution is 0.0782. The van der Waals surface area contributed by atoms with E-state index >= 15 is 0 Å². The van der Waals surface area contributed by atoms with Gasteiger partial charge in [0.25, 0.3) is 5.92 Å². The molecule has 0 amide bonds. The third-order valence-corrected chi connectivity index (χ3v) is 5.90. The van der Waals surface area contributed by atoms with Gasteiger partial charge in [-0.25, -0.2) is 18.3 Å². The molecule has 0 aromatic carbocycles. The molecular formula is C21H23F2N7O2. The third kappa shape index (κ3) is 3.67. The molecule has 0 aliphatic heterocycles. The molecule has 4 aromatic heterocycles. The maximum atomic E-state index is 13.7. The first kappa shape index (κ1) is 20.7. The van der Waals surface area contributed by atoms with Gasteiger partial charge in [0, 0.05) is 29.9 Å². The minimum Gasteiger partial charge on any atom is -0.394 e. The highest BCUT2D eigenvalue weighted by molar-refractivity contribution is 5.78. The highest BCUT2D eigenvalue weighted by Gasteiger charge is 2.60. The van der Waals surface area contributed by atoms with Crippen molar-refractivity contribution in [2.75, 3.05) is 6.61 Å². The lowest BCUT2D eigenvalue weighted by atomic mass is 10.1. The van der Waals surface area contributed by atoms with Gasteiger partial charge in [-0.1, -0.05) is 6.92 Å². The van der Waals surface area contributed by atoms with Crippen molar-refractivity contribution in [1.29, 1.82) is 0 Å². The number of aromatic nitrogens is 7. The SMILES string of the molecule is CC[C@H]([C@@H]1CC1(F)F)n1cc(-c2nc(-c3cnn(C[C@@H](O)CO)c3)cn3nccc23)cn1. The highest BCUT2D eigenvalue weighted by atomic mass is 19.3. The number of rotatable bonds is 8. The molecule has 0 spiro atoms. The number of hydrogen-bond donors (Lipinski definition) is 2. The number of nitrogens with zero attached hydrogens (tertiary/aromatic N) is 7. The molecule has 0 bridgehead atoms. The van der Waals surface area contributed by atoms with Crippen LogP contribution < -0.4 is 0 Å². The summed E-state index contributed by atoms with van der Waals surface area (Å²) in [4.78, 5) is 4.79. The van der Waals surface area contributed by atoms with Gasteiger partial charge in [-0.3, -0.25) is 9.36 Å². The van der Waals surface area contributed by atoms with Crippen LogP contribution in [-0.2, 0) is 6.54 Å². The Morgan fingerprint density at radius 2 is 1.94 bits per heavy atom. The molecule has 3 atom stereocenters. The molecule has 1 saturated carbocycles. The first-order chi connectivity index (χ1) is 15.4. The zero-order chi connectivity index (χ0) is 22.5. The van der Waals surface area contributed by atoms with E-state index in [2.05, 4.69) is 15.3 Å². The number of alkyl halides is 2. The molecule has 168 valence electrons. The quantitative estimate of drug-likeness (QED) is 0.433. The van der Waals surface area contributed by atoms with Gasteiger partial charge in [0.05, 0.1) is 72.9 Å². The smallest absolute Gasteiger partial charge is 0.253 e. The van der Waals surface area contributed by atoms with Gasteiger partial charge in [0.15, 0.2) is 0 Å². The summed E-state index contributed by atoms with van der Waals surface area (Å²) in [6.07, 6.45) is 9.75. The van der Waals surface area contributed by atoms with Gasteiger partial charge in [-0.2, -0.15) is 15.3 Å². The van der Waals surface area contributed by atoms with Crippen molar-refractivity contribution in [3.63, 3.8) is 0 Å². The molecule has 1 fully saturated rings. The van der Waals surface area contributed by atoms with Crippen LogP contribution in [0, 0.1) is 5.92 Å². The Bertz CT molecular complexity index is 1250. The van der Waals surface area contributed by atoms with Crippen LogP contribution in [0.5, 0.6) is 0 Å². The van der Waals surface area contributed by atoms with Crippen molar-refractivity contribution in [3.8, 4) is 22.5 Å². The average Bonchev–Trinajstić information content (AvgIpc) is 3.30. The van der Waals surface area contributed by atoms with Crippen molar-refractivity contribution < 1.29 is 19.0 Å². The van der Waals surface area contributed by atoms with E-state index in [9.17, 15) is 13.9 Å². The van der Waals surface area contributed by atoms with Crippen LogP contribution in [0.2, 0.25) is 0 Å². The molecule has 11 heteroatoms. The molecule has 0 unspecified atom stereocenters. The fourth-order valence-corrected chi connectivity index (χ4v) is 4.10. The topological polar surface area (TPSA) is 106 Å². The maximum absolute atomic E-state index is 13.7. The molecule has 9 nitrogen and oxygen atoms in total. The second kappa shape index (κ2) is 7.75. The van der Waals surface area contributed by atoms with Gasteiger partial charge in [-0.05, 0) is 12.5 Å². The van der Waals surface area contributed by atoms with Crippen LogP contribution in [0.15, 0.2) is 43.2 Å².